The van der Waals surface area contributed by atoms with Crippen molar-refractivity contribution in [3.05, 3.63) is 106 Å². The van der Waals surface area contributed by atoms with E-state index >= 15 is 0 Å². The first-order chi connectivity index (χ1) is 17.5. The minimum Gasteiger partial charge on any atom is -0.349 e. The molecule has 37 heavy (non-hydrogen) atoms. The van der Waals surface area contributed by atoms with Gasteiger partial charge in [0.25, 0.3) is 0 Å². The van der Waals surface area contributed by atoms with Gasteiger partial charge in [-0.3, -0.25) is 9.59 Å². The van der Waals surface area contributed by atoms with Crippen LogP contribution in [-0.4, -0.2) is 26.8 Å². The van der Waals surface area contributed by atoms with Gasteiger partial charge in [-0.1, -0.05) is 72.3 Å². The van der Waals surface area contributed by atoms with Gasteiger partial charge in [-0.2, -0.15) is 0 Å². The molecule has 190 valence electrons. The Balaban J connectivity index is 1.81. The van der Waals surface area contributed by atoms with Crippen molar-refractivity contribution in [2.75, 3.05) is 0 Å². The predicted octanol–water partition coefficient (Wildman–Crippen LogP) is 6.14. The number of aryl methyl sites for hydroxylation is 1. The number of halogens is 1. The van der Waals surface area contributed by atoms with E-state index in [1.807, 2.05) is 108 Å². The van der Waals surface area contributed by atoms with Crippen LogP contribution in [0.25, 0.3) is 10.9 Å². The van der Waals surface area contributed by atoms with Gasteiger partial charge >= 0.3 is 0 Å². The Morgan fingerprint density at radius 1 is 0.973 bits per heavy atom. The van der Waals surface area contributed by atoms with Gasteiger partial charge in [0, 0.05) is 40.6 Å². The highest BCUT2D eigenvalue weighted by atomic mass is 35.5. The van der Waals surface area contributed by atoms with Crippen LogP contribution in [0.4, 0.5) is 0 Å². The van der Waals surface area contributed by atoms with Crippen LogP contribution in [0, 0.1) is 0 Å². The zero-order valence-electron chi connectivity index (χ0n) is 21.9. The van der Waals surface area contributed by atoms with Gasteiger partial charge in [0.05, 0.1) is 11.1 Å². The van der Waals surface area contributed by atoms with Gasteiger partial charge in [0.15, 0.2) is 6.04 Å². The maximum atomic E-state index is 14.7. The second-order valence-electron chi connectivity index (χ2n) is 11.0. The molecule has 0 bridgehead atoms. The van der Waals surface area contributed by atoms with E-state index in [0.717, 1.165) is 33.3 Å². The van der Waals surface area contributed by atoms with E-state index in [0.29, 0.717) is 5.02 Å². The van der Waals surface area contributed by atoms with Gasteiger partial charge in [-0.05, 0) is 57.0 Å². The third-order valence-electron chi connectivity index (χ3n) is 7.28. The molecule has 1 aromatic heterocycles. The molecule has 0 spiro atoms. The van der Waals surface area contributed by atoms with Crippen molar-refractivity contribution in [1.82, 2.24) is 14.8 Å². The number of rotatable bonds is 4. The second-order valence-corrected chi connectivity index (χ2v) is 11.5. The molecule has 6 heteroatoms. The lowest BCUT2D eigenvalue weighted by molar-refractivity contribution is -0.147. The van der Waals surface area contributed by atoms with Gasteiger partial charge in [-0.25, -0.2) is 0 Å². The van der Waals surface area contributed by atoms with Crippen LogP contribution in [0.15, 0.2) is 78.9 Å². The standard InChI is InChI=1S/C31H32ClN3O2/c1-30(2,3)33-28(36)27-26-25(23-13-9-10-14-24(23)34(26)5)31(4,21-11-7-6-8-12-21)29(37)35(27)19-20-15-17-22(32)18-16-20/h6-18,27H,19H2,1-5H3,(H,33,36)/t27-,31+/m0/s1. The number of carbonyl (C=O) groups excluding carboxylic acids is 2. The Labute approximate surface area is 223 Å². The summed E-state index contributed by atoms with van der Waals surface area (Å²) in [5, 5.41) is 4.76. The van der Waals surface area contributed by atoms with Crippen LogP contribution >= 0.6 is 11.6 Å². The first-order valence-corrected chi connectivity index (χ1v) is 12.9. The molecule has 0 unspecified atom stereocenters. The molecule has 3 aromatic carbocycles. The molecular formula is C31H32ClN3O2. The van der Waals surface area contributed by atoms with Crippen LogP contribution in [0.3, 0.4) is 0 Å². The molecule has 4 aromatic rings. The average Bonchev–Trinajstić information content (AvgIpc) is 3.16. The summed E-state index contributed by atoms with van der Waals surface area (Å²) in [6, 6.07) is 24.6. The Kier molecular flexibility index (Phi) is 6.15. The molecular weight excluding hydrogens is 482 g/mol. The largest absolute Gasteiger partial charge is 0.349 e. The number of aromatic nitrogens is 1. The first kappa shape index (κ1) is 25.1. The maximum Gasteiger partial charge on any atom is 0.249 e. The molecule has 0 saturated carbocycles. The topological polar surface area (TPSA) is 54.3 Å². The average molecular weight is 514 g/mol. The minimum atomic E-state index is -0.984. The Hall–Kier alpha value is -3.57. The van der Waals surface area contributed by atoms with Crippen molar-refractivity contribution in [2.45, 2.75) is 51.2 Å². The summed E-state index contributed by atoms with van der Waals surface area (Å²) in [4.78, 5) is 30.5. The Morgan fingerprint density at radius 3 is 2.24 bits per heavy atom. The third kappa shape index (κ3) is 4.21. The molecule has 2 heterocycles. The summed E-state index contributed by atoms with van der Waals surface area (Å²) in [7, 11) is 1.99. The SMILES string of the molecule is Cn1c2c(c3ccccc31)[C@@](C)(c1ccccc1)C(=O)N(Cc1ccc(Cl)cc1)[C@@H]2C(=O)NC(C)(C)C. The van der Waals surface area contributed by atoms with Gasteiger partial charge in [-0.15, -0.1) is 0 Å². The van der Waals surface area contributed by atoms with E-state index < -0.39 is 17.0 Å². The summed E-state index contributed by atoms with van der Waals surface area (Å²) >= 11 is 6.15. The van der Waals surface area contributed by atoms with Crippen molar-refractivity contribution in [1.29, 1.82) is 0 Å². The van der Waals surface area contributed by atoms with Crippen LogP contribution < -0.4 is 5.32 Å². The molecule has 0 fully saturated rings. The van der Waals surface area contributed by atoms with E-state index in [2.05, 4.69) is 16.0 Å². The van der Waals surface area contributed by atoms with E-state index in [1.165, 1.54) is 0 Å². The molecule has 2 atom stereocenters. The molecule has 2 amide bonds. The van der Waals surface area contributed by atoms with Crippen molar-refractivity contribution < 1.29 is 9.59 Å². The van der Waals surface area contributed by atoms with Crippen molar-refractivity contribution >= 4 is 34.3 Å². The summed E-state index contributed by atoms with van der Waals surface area (Å²) in [5.41, 5.74) is 3.08. The molecule has 1 aliphatic rings. The molecule has 1 aliphatic heterocycles. The van der Waals surface area contributed by atoms with Gasteiger partial charge in [0.2, 0.25) is 11.8 Å². The van der Waals surface area contributed by atoms with Crippen LogP contribution in [0.2, 0.25) is 5.02 Å². The zero-order chi connectivity index (χ0) is 26.5. The van der Waals surface area contributed by atoms with Crippen molar-refractivity contribution in [3.8, 4) is 0 Å². The van der Waals surface area contributed by atoms with Gasteiger partial charge in [0.1, 0.15) is 0 Å². The highest BCUT2D eigenvalue weighted by molar-refractivity contribution is 6.30. The maximum absolute atomic E-state index is 14.7. The lowest BCUT2D eigenvalue weighted by atomic mass is 9.70. The summed E-state index contributed by atoms with van der Waals surface area (Å²) in [5.74, 6) is -0.302. The fourth-order valence-electron chi connectivity index (χ4n) is 5.61. The zero-order valence-corrected chi connectivity index (χ0v) is 22.6. The third-order valence-corrected chi connectivity index (χ3v) is 7.53. The van der Waals surface area contributed by atoms with Crippen LogP contribution in [-0.2, 0) is 28.6 Å². The first-order valence-electron chi connectivity index (χ1n) is 12.5. The van der Waals surface area contributed by atoms with Crippen LogP contribution in [0.1, 0.15) is 56.1 Å². The highest BCUT2D eigenvalue weighted by Crippen LogP contribution is 2.49. The molecule has 1 N–H and O–H groups in total. The normalized spacial score (nSPS) is 19.7. The number of para-hydroxylation sites is 1. The van der Waals surface area contributed by atoms with E-state index in [-0.39, 0.29) is 18.4 Å². The van der Waals surface area contributed by atoms with E-state index in [1.54, 1.807) is 4.90 Å². The molecule has 5 nitrogen and oxygen atoms in total. The van der Waals surface area contributed by atoms with Gasteiger partial charge < -0.3 is 14.8 Å². The number of nitrogens with one attached hydrogen (secondary N) is 1. The number of hydrogen-bond donors (Lipinski definition) is 1. The highest BCUT2D eigenvalue weighted by Gasteiger charge is 2.53. The Morgan fingerprint density at radius 2 is 1.59 bits per heavy atom. The quantitative estimate of drug-likeness (QED) is 0.356. The molecule has 5 rings (SSSR count). The number of carbonyl (C=O) groups is 2. The van der Waals surface area contributed by atoms with E-state index in [9.17, 15) is 9.59 Å². The van der Waals surface area contributed by atoms with Crippen molar-refractivity contribution in [3.63, 3.8) is 0 Å². The summed E-state index contributed by atoms with van der Waals surface area (Å²) in [6.45, 7) is 8.13. The lowest BCUT2D eigenvalue weighted by Gasteiger charge is -2.45. The minimum absolute atomic E-state index is 0.105. The fraction of sp³-hybridized carbons (Fsp3) is 0.290. The number of fused-ring (bicyclic) bond motifs is 3. The molecule has 0 aliphatic carbocycles. The molecule has 0 saturated heterocycles. The predicted molar refractivity (Wildman–Crippen MR) is 148 cm³/mol. The Bertz CT molecular complexity index is 1480. The monoisotopic (exact) mass is 513 g/mol. The number of hydrogen-bond acceptors (Lipinski definition) is 2. The number of amides is 2. The number of nitrogens with zero attached hydrogens (tertiary/aromatic N) is 2. The van der Waals surface area contributed by atoms with Crippen LogP contribution in [0.5, 0.6) is 0 Å². The second kappa shape index (κ2) is 9.07. The lowest BCUT2D eigenvalue weighted by Crippen LogP contribution is -2.57. The number of benzene rings is 3. The van der Waals surface area contributed by atoms with E-state index in [4.69, 9.17) is 11.6 Å². The van der Waals surface area contributed by atoms with Crippen molar-refractivity contribution in [2.24, 2.45) is 7.05 Å². The fourth-order valence-corrected chi connectivity index (χ4v) is 5.74. The smallest absolute Gasteiger partial charge is 0.249 e. The summed E-state index contributed by atoms with van der Waals surface area (Å²) < 4.78 is 2.08. The molecule has 0 radical (unpaired) electrons. The summed E-state index contributed by atoms with van der Waals surface area (Å²) in [6.07, 6.45) is 0.